The predicted molar refractivity (Wildman–Crippen MR) is 141 cm³/mol. The molecular formula is C27H25N7O3. The zero-order chi connectivity index (χ0) is 25.9. The molecule has 5 rings (SSSR count). The van der Waals surface area contributed by atoms with Crippen molar-refractivity contribution in [1.29, 1.82) is 0 Å². The molecule has 4 N–H and O–H groups in total. The highest BCUT2D eigenvalue weighted by Gasteiger charge is 2.16. The Balaban J connectivity index is 1.44. The number of carbonyl (C=O) groups is 1. The van der Waals surface area contributed by atoms with Crippen LogP contribution >= 0.6 is 0 Å². The van der Waals surface area contributed by atoms with Crippen LogP contribution in [0.1, 0.15) is 28.5 Å². The van der Waals surface area contributed by atoms with Crippen molar-refractivity contribution in [1.82, 2.24) is 24.9 Å². The zero-order valence-corrected chi connectivity index (χ0v) is 20.6. The number of aromatic amines is 1. The Kier molecular flexibility index (Phi) is 6.38. The van der Waals surface area contributed by atoms with Crippen molar-refractivity contribution in [3.05, 3.63) is 77.9 Å². The van der Waals surface area contributed by atoms with Crippen LogP contribution in [0.2, 0.25) is 0 Å². The summed E-state index contributed by atoms with van der Waals surface area (Å²) >= 11 is 0. The molecule has 0 unspecified atom stereocenters. The molecule has 186 valence electrons. The van der Waals surface area contributed by atoms with Crippen LogP contribution in [0.15, 0.2) is 61.1 Å². The number of aromatic nitrogens is 5. The lowest BCUT2D eigenvalue weighted by Crippen LogP contribution is -2.06. The van der Waals surface area contributed by atoms with Gasteiger partial charge in [0, 0.05) is 23.1 Å². The van der Waals surface area contributed by atoms with E-state index in [1.165, 1.54) is 0 Å². The van der Waals surface area contributed by atoms with E-state index in [1.54, 1.807) is 37.6 Å². The number of rotatable bonds is 7. The molecule has 0 bridgehead atoms. The number of nitrogen functional groups attached to an aromatic ring is 1. The van der Waals surface area contributed by atoms with E-state index in [4.69, 9.17) is 15.2 Å². The van der Waals surface area contributed by atoms with Gasteiger partial charge in [-0.05, 0) is 79.9 Å². The molecule has 0 saturated heterocycles. The van der Waals surface area contributed by atoms with Gasteiger partial charge in [-0.25, -0.2) is 14.8 Å². The molecule has 2 aromatic carbocycles. The third-order valence-electron chi connectivity index (χ3n) is 5.66. The first-order valence-electron chi connectivity index (χ1n) is 11.7. The van der Waals surface area contributed by atoms with Crippen LogP contribution < -0.4 is 15.8 Å². The first kappa shape index (κ1) is 23.7. The van der Waals surface area contributed by atoms with E-state index >= 15 is 0 Å². The number of fused-ring (bicyclic) bond motifs is 1. The number of carbonyl (C=O) groups excluding carboxylic acids is 1. The topological polar surface area (TPSA) is 141 Å². The fourth-order valence-corrected chi connectivity index (χ4v) is 3.90. The van der Waals surface area contributed by atoms with Crippen molar-refractivity contribution in [2.24, 2.45) is 0 Å². The summed E-state index contributed by atoms with van der Waals surface area (Å²) < 4.78 is 11.3. The predicted octanol–water partition coefficient (Wildman–Crippen LogP) is 5.33. The van der Waals surface area contributed by atoms with Gasteiger partial charge in [-0.2, -0.15) is 9.97 Å². The van der Waals surface area contributed by atoms with Crippen molar-refractivity contribution in [2.45, 2.75) is 20.8 Å². The smallest absolute Gasteiger partial charge is 0.356 e. The van der Waals surface area contributed by atoms with Crippen LogP contribution in [0.3, 0.4) is 0 Å². The number of ether oxygens (including phenoxy) is 2. The molecule has 3 aromatic heterocycles. The first-order chi connectivity index (χ1) is 17.9. The number of hydrogen-bond donors (Lipinski definition) is 3. The average molecular weight is 496 g/mol. The first-order valence-corrected chi connectivity index (χ1v) is 11.7. The molecule has 0 aliphatic carbocycles. The fraction of sp³-hybridized carbons (Fsp3) is 0.148. The van der Waals surface area contributed by atoms with Crippen LogP contribution in [-0.2, 0) is 4.74 Å². The molecule has 0 atom stereocenters. The number of nitrogens with one attached hydrogen (secondary N) is 2. The third kappa shape index (κ3) is 5.03. The van der Waals surface area contributed by atoms with E-state index in [9.17, 15) is 4.79 Å². The largest absolute Gasteiger partial charge is 0.461 e. The summed E-state index contributed by atoms with van der Waals surface area (Å²) in [6, 6.07) is 14.8. The van der Waals surface area contributed by atoms with Crippen LogP contribution in [0.4, 0.5) is 17.3 Å². The lowest BCUT2D eigenvalue weighted by molar-refractivity contribution is 0.0519. The molecule has 0 amide bonds. The summed E-state index contributed by atoms with van der Waals surface area (Å²) in [6.07, 6.45) is 3.21. The summed E-state index contributed by atoms with van der Waals surface area (Å²) in [5, 5.41) is 3.17. The molecule has 5 aromatic rings. The number of anilines is 3. The molecule has 0 saturated carbocycles. The summed E-state index contributed by atoms with van der Waals surface area (Å²) in [6.45, 7) is 5.99. The molecule has 0 spiro atoms. The molecular weight excluding hydrogens is 470 g/mol. The van der Waals surface area contributed by atoms with E-state index in [0.717, 1.165) is 27.9 Å². The normalized spacial score (nSPS) is 10.9. The molecule has 0 aliphatic heterocycles. The van der Waals surface area contributed by atoms with Gasteiger partial charge in [0.25, 0.3) is 5.88 Å². The number of nitrogens with two attached hydrogens (primary N) is 1. The second-order valence-electron chi connectivity index (χ2n) is 8.39. The van der Waals surface area contributed by atoms with Gasteiger partial charge in [0.15, 0.2) is 5.65 Å². The molecule has 10 heteroatoms. The summed E-state index contributed by atoms with van der Waals surface area (Å²) in [5.74, 6) is 0.928. The number of imidazole rings is 1. The van der Waals surface area contributed by atoms with Gasteiger partial charge in [-0.15, -0.1) is 0 Å². The maximum atomic E-state index is 11.9. The van der Waals surface area contributed by atoms with Gasteiger partial charge in [0.2, 0.25) is 5.95 Å². The van der Waals surface area contributed by atoms with Gasteiger partial charge in [0.1, 0.15) is 17.0 Å². The van der Waals surface area contributed by atoms with Gasteiger partial charge >= 0.3 is 5.97 Å². The summed E-state index contributed by atoms with van der Waals surface area (Å²) in [4.78, 5) is 32.6. The monoisotopic (exact) mass is 495 g/mol. The second-order valence-corrected chi connectivity index (χ2v) is 8.39. The highest BCUT2D eigenvalue weighted by Crippen LogP contribution is 2.35. The summed E-state index contributed by atoms with van der Waals surface area (Å²) in [7, 11) is 0. The minimum atomic E-state index is -0.439. The SMILES string of the molecule is CCOC(=O)c1ccc(-c2cc(C)c(Oc3nc(Nc4ccc(N)cc4)nc4nc[nH]c34)c(C)c2)cn1. The van der Waals surface area contributed by atoms with Crippen molar-refractivity contribution in [3.8, 4) is 22.8 Å². The number of esters is 1. The van der Waals surface area contributed by atoms with Gasteiger partial charge < -0.3 is 25.5 Å². The van der Waals surface area contributed by atoms with Gasteiger partial charge in [-0.1, -0.05) is 6.07 Å². The van der Waals surface area contributed by atoms with E-state index in [0.29, 0.717) is 41.0 Å². The minimum Gasteiger partial charge on any atom is -0.461 e. The van der Waals surface area contributed by atoms with Crippen molar-refractivity contribution >= 4 is 34.5 Å². The number of pyridine rings is 1. The van der Waals surface area contributed by atoms with E-state index < -0.39 is 5.97 Å². The van der Waals surface area contributed by atoms with E-state index in [2.05, 4.69) is 30.2 Å². The number of hydrogen-bond acceptors (Lipinski definition) is 9. The summed E-state index contributed by atoms with van der Waals surface area (Å²) in [5.41, 5.74) is 12.2. The molecule has 0 fully saturated rings. The molecule has 0 radical (unpaired) electrons. The number of nitrogens with zero attached hydrogens (tertiary/aromatic N) is 4. The zero-order valence-electron chi connectivity index (χ0n) is 20.6. The van der Waals surface area contributed by atoms with Crippen LogP contribution in [0.25, 0.3) is 22.3 Å². The van der Waals surface area contributed by atoms with Gasteiger partial charge in [0.05, 0.1) is 12.9 Å². The van der Waals surface area contributed by atoms with Crippen LogP contribution in [0, 0.1) is 13.8 Å². The number of H-pyrrole nitrogens is 1. The van der Waals surface area contributed by atoms with Crippen molar-refractivity contribution in [3.63, 3.8) is 0 Å². The Bertz CT molecular complexity index is 1560. The van der Waals surface area contributed by atoms with E-state index in [-0.39, 0.29) is 5.69 Å². The number of aryl methyl sites for hydroxylation is 2. The fourth-order valence-electron chi connectivity index (χ4n) is 3.90. The second kappa shape index (κ2) is 9.94. The van der Waals surface area contributed by atoms with Crippen molar-refractivity contribution < 1.29 is 14.3 Å². The average Bonchev–Trinajstić information content (AvgIpc) is 3.36. The Morgan fingerprint density at radius 2 is 1.76 bits per heavy atom. The van der Waals surface area contributed by atoms with E-state index in [1.807, 2.05) is 44.2 Å². The van der Waals surface area contributed by atoms with Crippen LogP contribution in [0.5, 0.6) is 11.6 Å². The lowest BCUT2D eigenvalue weighted by atomic mass is 10.0. The molecule has 3 heterocycles. The van der Waals surface area contributed by atoms with Crippen LogP contribution in [-0.4, -0.2) is 37.5 Å². The Morgan fingerprint density at radius 1 is 1.00 bits per heavy atom. The standard InChI is InChI=1S/C27H25N7O3/c1-4-36-26(35)21-10-5-17(13-29-21)18-11-15(2)23(16(3)12-18)37-25-22-24(31-14-30-22)33-27(34-25)32-20-8-6-19(28)7-9-20/h5-14H,4,28H2,1-3H3,(H2,30,31,32,33,34). The minimum absolute atomic E-state index is 0.273. The number of benzene rings is 2. The highest BCUT2D eigenvalue weighted by molar-refractivity contribution is 5.87. The molecule has 10 nitrogen and oxygen atoms in total. The Morgan fingerprint density at radius 3 is 2.43 bits per heavy atom. The quantitative estimate of drug-likeness (QED) is 0.202. The highest BCUT2D eigenvalue weighted by atomic mass is 16.5. The van der Waals surface area contributed by atoms with Gasteiger partial charge in [-0.3, -0.25) is 0 Å². The third-order valence-corrected chi connectivity index (χ3v) is 5.66. The lowest BCUT2D eigenvalue weighted by Gasteiger charge is -2.15. The molecule has 0 aliphatic rings. The molecule has 37 heavy (non-hydrogen) atoms. The Hall–Kier alpha value is -4.99. The maximum absolute atomic E-state index is 11.9. The van der Waals surface area contributed by atoms with Crippen molar-refractivity contribution in [2.75, 3.05) is 17.7 Å². The maximum Gasteiger partial charge on any atom is 0.356 e. The Labute approximate surface area is 212 Å².